The molecule has 0 bridgehead atoms. The van der Waals surface area contributed by atoms with Crippen LogP contribution in [0.5, 0.6) is 0 Å². The minimum absolute atomic E-state index is 0. The van der Waals surface area contributed by atoms with Crippen LogP contribution in [-0.4, -0.2) is 145 Å². The maximum Gasteiger partial charge on any atom is 0.328 e. The number of hydrogen-bond donors (Lipinski definition) is 8. The number of carboxylic acids is 1. The zero-order chi connectivity index (χ0) is 65.4. The van der Waals surface area contributed by atoms with Crippen LogP contribution in [0.4, 0.5) is 0 Å². The molecule has 0 spiro atoms. The van der Waals surface area contributed by atoms with Crippen LogP contribution >= 0.6 is 12.4 Å². The molecule has 3 saturated heterocycles. The SMILES string of the molecule is CC(C)(C)OC(=O)C[C@@H](CC1CC1)C(=O)N[C@@H](C[C@@H]1CCCNC1=O)C(N)=O.CC(C)(C)OC(=O)C[C@@H](CC1CC1)C(=O)O.COC(=O)[C@@H](N)C[C@@H]1CCCNC1=O.COC(=O)[C@H](C[C@@H]1CCCNC1=O)NC(=O)[C@@H](CC(=O)OC(C)(C)C)CC1CC1.Cl. The van der Waals surface area contributed by atoms with Gasteiger partial charge < -0.3 is 66.8 Å². The van der Waals surface area contributed by atoms with Gasteiger partial charge in [-0.3, -0.25) is 52.7 Å². The van der Waals surface area contributed by atoms with E-state index in [9.17, 15) is 57.5 Å². The lowest BCUT2D eigenvalue weighted by molar-refractivity contribution is -0.160. The first-order valence-corrected chi connectivity index (χ1v) is 31.1. The molecule has 3 aliphatic carbocycles. The monoisotopic (exact) mass is 1270 g/mol. The number of piperidine rings is 3. The fourth-order valence-electron chi connectivity index (χ4n) is 10.3. The van der Waals surface area contributed by atoms with E-state index in [4.69, 9.17) is 35.5 Å². The van der Waals surface area contributed by atoms with Crippen molar-refractivity contribution in [3.8, 4) is 0 Å². The second kappa shape index (κ2) is 37.1. The van der Waals surface area contributed by atoms with Gasteiger partial charge in [0.2, 0.25) is 35.4 Å². The summed E-state index contributed by atoms with van der Waals surface area (Å²) < 4.78 is 25.2. The molecule has 3 aliphatic heterocycles. The van der Waals surface area contributed by atoms with Crippen molar-refractivity contribution < 1.29 is 86.3 Å². The molecule has 9 atom stereocenters. The van der Waals surface area contributed by atoms with Crippen molar-refractivity contribution in [3.63, 3.8) is 0 Å². The van der Waals surface area contributed by atoms with E-state index in [0.717, 1.165) is 70.8 Å². The summed E-state index contributed by atoms with van der Waals surface area (Å²) in [6, 6.07) is -2.53. The number of carboxylic acid groups (broad SMARTS) is 1. The summed E-state index contributed by atoms with van der Waals surface area (Å²) in [5.74, 6) is -6.05. The van der Waals surface area contributed by atoms with Crippen molar-refractivity contribution in [2.24, 2.45) is 64.7 Å². The first-order valence-electron chi connectivity index (χ1n) is 31.1. The quantitative estimate of drug-likeness (QED) is 0.0427. The molecule has 0 unspecified atom stereocenters. The summed E-state index contributed by atoms with van der Waals surface area (Å²) in [6.07, 6.45) is 13.5. The summed E-state index contributed by atoms with van der Waals surface area (Å²) in [7, 11) is 2.55. The molecule has 6 rings (SSSR count). The van der Waals surface area contributed by atoms with Gasteiger partial charge in [0.15, 0.2) is 0 Å². The van der Waals surface area contributed by atoms with Crippen LogP contribution in [-0.2, 0) is 81.2 Å². The minimum atomic E-state index is -0.929. The predicted molar refractivity (Wildman–Crippen MR) is 325 cm³/mol. The Morgan fingerprint density at radius 1 is 0.489 bits per heavy atom. The highest BCUT2D eigenvalue weighted by Crippen LogP contribution is 2.39. The van der Waals surface area contributed by atoms with Gasteiger partial charge in [0, 0.05) is 49.2 Å². The molecule has 3 saturated carbocycles. The number of halogens is 1. The summed E-state index contributed by atoms with van der Waals surface area (Å²) in [5.41, 5.74) is 9.25. The fraction of sp³-hybridized carbons (Fsp3) is 0.806. The average Bonchev–Trinajstić information content (AvgIpc) is 2.67. The molecule has 502 valence electrons. The van der Waals surface area contributed by atoms with Gasteiger partial charge in [-0.2, -0.15) is 0 Å². The molecule has 0 radical (unpaired) electrons. The molecular formula is C62H104ClN7O18. The zero-order valence-corrected chi connectivity index (χ0v) is 54.7. The van der Waals surface area contributed by atoms with Crippen molar-refractivity contribution in [3.05, 3.63) is 0 Å². The molecule has 0 aromatic heterocycles. The number of hydrogen-bond acceptors (Lipinski definition) is 18. The summed E-state index contributed by atoms with van der Waals surface area (Å²) in [6.45, 7) is 18.0. The second-order valence-electron chi connectivity index (χ2n) is 27.1. The van der Waals surface area contributed by atoms with Gasteiger partial charge in [0.25, 0.3) is 0 Å². The van der Waals surface area contributed by atoms with E-state index in [1.165, 1.54) is 14.2 Å². The van der Waals surface area contributed by atoms with Crippen molar-refractivity contribution in [2.75, 3.05) is 33.9 Å². The highest BCUT2D eigenvalue weighted by Gasteiger charge is 2.39. The smallest absolute Gasteiger partial charge is 0.328 e. The summed E-state index contributed by atoms with van der Waals surface area (Å²) in [5, 5.41) is 22.7. The van der Waals surface area contributed by atoms with Gasteiger partial charge in [0.05, 0.1) is 39.4 Å². The van der Waals surface area contributed by atoms with Gasteiger partial charge in [-0.05, 0) is 157 Å². The maximum atomic E-state index is 12.9. The molecule has 88 heavy (non-hydrogen) atoms. The molecule has 6 fully saturated rings. The molecule has 26 heteroatoms. The molecule has 10 N–H and O–H groups in total. The fourth-order valence-corrected chi connectivity index (χ4v) is 10.3. The molecule has 6 amide bonds. The van der Waals surface area contributed by atoms with E-state index < -0.39 is 94.4 Å². The molecule has 0 aromatic carbocycles. The number of primary amides is 1. The highest BCUT2D eigenvalue weighted by molar-refractivity contribution is 5.91. The largest absolute Gasteiger partial charge is 0.481 e. The lowest BCUT2D eigenvalue weighted by atomic mass is 9.90. The van der Waals surface area contributed by atoms with Crippen molar-refractivity contribution in [1.29, 1.82) is 0 Å². The third-order valence-corrected chi connectivity index (χ3v) is 15.3. The van der Waals surface area contributed by atoms with Gasteiger partial charge in [-0.25, -0.2) is 4.79 Å². The Morgan fingerprint density at radius 2 is 0.795 bits per heavy atom. The van der Waals surface area contributed by atoms with E-state index in [-0.39, 0.29) is 91.8 Å². The number of nitrogens with one attached hydrogen (secondary N) is 5. The van der Waals surface area contributed by atoms with E-state index >= 15 is 0 Å². The van der Waals surface area contributed by atoms with Gasteiger partial charge in [0.1, 0.15) is 34.9 Å². The topological polar surface area (TPSA) is 383 Å². The number of carbonyl (C=O) groups excluding carboxylic acids is 11. The number of amides is 6. The first kappa shape index (κ1) is 78.0. The first-order chi connectivity index (χ1) is 40.6. The number of methoxy groups -OCH3 is 2. The average molecular weight is 1270 g/mol. The molecular weight excluding hydrogens is 1170 g/mol. The van der Waals surface area contributed by atoms with E-state index in [1.807, 2.05) is 0 Å². The van der Waals surface area contributed by atoms with Crippen LogP contribution in [0.1, 0.15) is 197 Å². The normalized spacial score (nSPS) is 21.1. The highest BCUT2D eigenvalue weighted by atomic mass is 35.5. The minimum Gasteiger partial charge on any atom is -0.481 e. The van der Waals surface area contributed by atoms with Crippen LogP contribution in [0.15, 0.2) is 0 Å². The van der Waals surface area contributed by atoms with E-state index in [0.29, 0.717) is 69.4 Å². The van der Waals surface area contributed by atoms with Gasteiger partial charge in [-0.1, -0.05) is 38.5 Å². The maximum absolute atomic E-state index is 12.9. The van der Waals surface area contributed by atoms with Crippen LogP contribution in [0.25, 0.3) is 0 Å². The van der Waals surface area contributed by atoms with Gasteiger partial charge in [-0.15, -0.1) is 12.4 Å². The zero-order valence-electron chi connectivity index (χ0n) is 53.8. The number of aliphatic carboxylic acids is 1. The molecule has 25 nitrogen and oxygen atoms in total. The molecule has 6 aliphatic rings. The number of esters is 5. The Bertz CT molecular complexity index is 2360. The Labute approximate surface area is 525 Å². The number of rotatable bonds is 26. The van der Waals surface area contributed by atoms with Crippen LogP contribution in [0.2, 0.25) is 0 Å². The van der Waals surface area contributed by atoms with Crippen molar-refractivity contribution in [2.45, 2.75) is 232 Å². The number of nitrogens with two attached hydrogens (primary N) is 2. The third kappa shape index (κ3) is 32.9. The standard InChI is InChI=1S/C21H34N2O6.C20H33N3O5.C12H20O4.C9H16N2O3.ClH/c1-21(2,3)29-17(24)12-15(10-13-7-8-13)19(26)23-16(20(27)28-4)11-14-6-5-9-22-18(14)25;1-20(2,3)28-16(24)11-14(9-12-6-7-12)19(27)23-15(17(21)25)10-13-5-4-8-22-18(13)26;1-12(2,3)16-10(13)7-9(11(14)15)6-8-4-5-8;1-14-9(13)7(10)5-6-3-2-4-11-8(6)12;/h13-16H,5-12H2,1-4H3,(H,22,25)(H,23,26);12-15H,4-11H2,1-3H3,(H2,21,25)(H,22,26)(H,23,27);8-9H,4-7H2,1-3H3,(H,14,15);6-7H,2-5,10H2,1H3,(H,11,12);1H/t14-,15+,16-;13-,14+,15-;9-;6-,7-;/m0010./s1. The lowest BCUT2D eigenvalue weighted by Gasteiger charge is -2.27. The van der Waals surface area contributed by atoms with E-state index in [2.05, 4.69) is 31.3 Å². The van der Waals surface area contributed by atoms with Gasteiger partial charge >= 0.3 is 35.8 Å². The Hall–Kier alpha value is -6.11. The summed E-state index contributed by atoms with van der Waals surface area (Å²) >= 11 is 0. The van der Waals surface area contributed by atoms with E-state index in [1.54, 1.807) is 62.3 Å². The van der Waals surface area contributed by atoms with Crippen LogP contribution in [0.3, 0.4) is 0 Å². The second-order valence-corrected chi connectivity index (χ2v) is 27.1. The summed E-state index contributed by atoms with van der Waals surface area (Å²) in [4.78, 5) is 143. The van der Waals surface area contributed by atoms with Crippen molar-refractivity contribution >= 4 is 83.7 Å². The van der Waals surface area contributed by atoms with Crippen molar-refractivity contribution in [1.82, 2.24) is 26.6 Å². The Balaban J connectivity index is 0.000000416. The molecule has 0 aromatic rings. The van der Waals surface area contributed by atoms with Crippen LogP contribution in [0, 0.1) is 53.3 Å². The number of ether oxygens (including phenoxy) is 5. The molecule has 3 heterocycles. The van der Waals surface area contributed by atoms with Crippen LogP contribution < -0.4 is 38.1 Å². The Kier molecular flexibility index (Phi) is 32.9. The Morgan fingerprint density at radius 3 is 1.09 bits per heavy atom. The number of carbonyl (C=O) groups is 12. The predicted octanol–water partition coefficient (Wildman–Crippen LogP) is 4.77. The third-order valence-electron chi connectivity index (χ3n) is 15.3. The lowest BCUT2D eigenvalue weighted by Crippen LogP contribution is -2.50.